The highest BCUT2D eigenvalue weighted by Gasteiger charge is 2.18. The van der Waals surface area contributed by atoms with E-state index in [9.17, 15) is 10.5 Å². The van der Waals surface area contributed by atoms with Crippen molar-refractivity contribution < 1.29 is 0 Å². The fourth-order valence-corrected chi connectivity index (χ4v) is 3.75. The van der Waals surface area contributed by atoms with Crippen molar-refractivity contribution in [2.45, 2.75) is 13.8 Å². The number of aryl methyl sites for hydroxylation is 1. The first kappa shape index (κ1) is 15.0. The van der Waals surface area contributed by atoms with Crippen LogP contribution in [0, 0.1) is 36.5 Å². The van der Waals surface area contributed by atoms with Crippen LogP contribution in [0.25, 0.3) is 32.3 Å². The Balaban J connectivity index is 2.41. The number of benzene rings is 4. The summed E-state index contributed by atoms with van der Waals surface area (Å²) in [7, 11) is 0. The number of nitrogens with two attached hydrogens (primary N) is 1. The fourth-order valence-electron chi connectivity index (χ4n) is 3.75. The van der Waals surface area contributed by atoms with E-state index in [0.29, 0.717) is 22.4 Å². The molecule has 0 saturated carbocycles. The number of nitrogens with zero attached hydrogens (tertiary/aromatic N) is 2. The normalized spacial score (nSPS) is 10.9. The third-order valence-electron chi connectivity index (χ3n) is 5.09. The molecular formula is C22H15N3. The van der Waals surface area contributed by atoms with E-state index in [-0.39, 0.29) is 0 Å². The molecule has 0 aromatic heterocycles. The van der Waals surface area contributed by atoms with Gasteiger partial charge in [0.2, 0.25) is 0 Å². The third-order valence-corrected chi connectivity index (χ3v) is 5.09. The highest BCUT2D eigenvalue weighted by Crippen LogP contribution is 2.41. The number of hydrogen-bond donors (Lipinski definition) is 1. The first-order chi connectivity index (χ1) is 12.1. The molecule has 0 radical (unpaired) electrons. The predicted octanol–water partition coefficient (Wildman–Crippen LogP) is 5.09. The number of anilines is 1. The molecule has 0 fully saturated rings. The summed E-state index contributed by atoms with van der Waals surface area (Å²) in [5.41, 5.74) is 9.80. The van der Waals surface area contributed by atoms with Crippen LogP contribution in [-0.4, -0.2) is 0 Å². The molecule has 0 bridgehead atoms. The van der Waals surface area contributed by atoms with Gasteiger partial charge in [0.05, 0.1) is 17.2 Å². The number of nitriles is 2. The summed E-state index contributed by atoms with van der Waals surface area (Å²) in [4.78, 5) is 0. The van der Waals surface area contributed by atoms with E-state index in [1.165, 1.54) is 0 Å². The first-order valence-electron chi connectivity index (χ1n) is 8.05. The summed E-state index contributed by atoms with van der Waals surface area (Å²) < 4.78 is 0. The lowest BCUT2D eigenvalue weighted by Crippen LogP contribution is -1.99. The summed E-state index contributed by atoms with van der Waals surface area (Å²) in [5.74, 6) is 0. The average Bonchev–Trinajstić information content (AvgIpc) is 2.64. The van der Waals surface area contributed by atoms with Gasteiger partial charge in [-0.05, 0) is 52.6 Å². The van der Waals surface area contributed by atoms with Gasteiger partial charge in [0.25, 0.3) is 0 Å². The van der Waals surface area contributed by atoms with Crippen molar-refractivity contribution in [1.82, 2.24) is 0 Å². The van der Waals surface area contributed by atoms with Gasteiger partial charge >= 0.3 is 0 Å². The van der Waals surface area contributed by atoms with Crippen LogP contribution in [0.3, 0.4) is 0 Å². The molecule has 3 heteroatoms. The lowest BCUT2D eigenvalue weighted by atomic mass is 9.87. The Kier molecular flexibility index (Phi) is 3.14. The Hall–Kier alpha value is -3.56. The molecular weight excluding hydrogens is 306 g/mol. The van der Waals surface area contributed by atoms with E-state index in [4.69, 9.17) is 5.73 Å². The van der Waals surface area contributed by atoms with Gasteiger partial charge in [-0.25, -0.2) is 0 Å². The fraction of sp³-hybridized carbons (Fsp3) is 0.0909. The Morgan fingerprint density at radius 3 is 2.28 bits per heavy atom. The zero-order valence-corrected chi connectivity index (χ0v) is 14.0. The van der Waals surface area contributed by atoms with Gasteiger partial charge in [-0.15, -0.1) is 0 Å². The molecule has 2 N–H and O–H groups in total. The second kappa shape index (κ2) is 5.23. The molecule has 0 aliphatic heterocycles. The van der Waals surface area contributed by atoms with Crippen molar-refractivity contribution >= 4 is 38.0 Å². The maximum atomic E-state index is 9.77. The molecule has 3 nitrogen and oxygen atoms in total. The van der Waals surface area contributed by atoms with Crippen molar-refractivity contribution in [3.63, 3.8) is 0 Å². The van der Waals surface area contributed by atoms with Crippen LogP contribution in [0.2, 0.25) is 0 Å². The number of hydrogen-bond acceptors (Lipinski definition) is 3. The Morgan fingerprint density at radius 2 is 1.56 bits per heavy atom. The molecule has 0 amide bonds. The number of fused-ring (bicyclic) bond motifs is 5. The largest absolute Gasteiger partial charge is 0.398 e. The van der Waals surface area contributed by atoms with E-state index in [1.807, 2.05) is 32.0 Å². The maximum absolute atomic E-state index is 9.77. The van der Waals surface area contributed by atoms with Crippen LogP contribution in [-0.2, 0) is 0 Å². The maximum Gasteiger partial charge on any atom is 0.100 e. The van der Waals surface area contributed by atoms with Crippen LogP contribution >= 0.6 is 0 Å². The minimum Gasteiger partial charge on any atom is -0.398 e. The van der Waals surface area contributed by atoms with E-state index in [1.54, 1.807) is 0 Å². The minimum atomic E-state index is 0.496. The van der Waals surface area contributed by atoms with Crippen molar-refractivity contribution in [2.75, 3.05) is 5.73 Å². The van der Waals surface area contributed by atoms with Crippen molar-refractivity contribution in [2.24, 2.45) is 0 Å². The van der Waals surface area contributed by atoms with Gasteiger partial charge in [0.1, 0.15) is 6.07 Å². The summed E-state index contributed by atoms with van der Waals surface area (Å²) in [6.45, 7) is 3.82. The van der Waals surface area contributed by atoms with E-state index < -0.39 is 0 Å². The Morgan fingerprint density at radius 1 is 0.800 bits per heavy atom. The van der Waals surface area contributed by atoms with Gasteiger partial charge < -0.3 is 5.73 Å². The molecule has 0 aliphatic carbocycles. The van der Waals surface area contributed by atoms with Crippen molar-refractivity contribution in [3.05, 3.63) is 64.7 Å². The topological polar surface area (TPSA) is 73.6 Å². The molecule has 4 rings (SSSR count). The second-order valence-electron chi connectivity index (χ2n) is 6.32. The zero-order valence-electron chi connectivity index (χ0n) is 14.0. The van der Waals surface area contributed by atoms with Gasteiger partial charge in [-0.3, -0.25) is 0 Å². The molecule has 118 valence electrons. The average molecular weight is 321 g/mol. The molecule has 0 aliphatic rings. The third kappa shape index (κ3) is 1.90. The second-order valence-corrected chi connectivity index (χ2v) is 6.32. The van der Waals surface area contributed by atoms with Crippen LogP contribution in [0.4, 0.5) is 5.69 Å². The van der Waals surface area contributed by atoms with Crippen LogP contribution in [0.15, 0.2) is 42.5 Å². The number of nitrogen functional groups attached to an aromatic ring is 1. The predicted molar refractivity (Wildman–Crippen MR) is 102 cm³/mol. The molecule has 4 aromatic carbocycles. The van der Waals surface area contributed by atoms with E-state index in [2.05, 4.69) is 36.4 Å². The van der Waals surface area contributed by atoms with Crippen LogP contribution in [0.5, 0.6) is 0 Å². The molecule has 0 unspecified atom stereocenters. The van der Waals surface area contributed by atoms with Crippen LogP contribution < -0.4 is 5.73 Å². The Labute approximate surface area is 145 Å². The lowest BCUT2D eigenvalue weighted by Gasteiger charge is -2.16. The minimum absolute atomic E-state index is 0.496. The monoisotopic (exact) mass is 321 g/mol. The Bertz CT molecular complexity index is 1280. The first-order valence-corrected chi connectivity index (χ1v) is 8.05. The molecule has 0 saturated heterocycles. The van der Waals surface area contributed by atoms with Crippen molar-refractivity contribution in [3.8, 4) is 12.1 Å². The highest BCUT2D eigenvalue weighted by atomic mass is 14.6. The summed E-state index contributed by atoms with van der Waals surface area (Å²) in [6, 6.07) is 18.6. The zero-order chi connectivity index (χ0) is 17.7. The van der Waals surface area contributed by atoms with Gasteiger partial charge in [-0.2, -0.15) is 10.5 Å². The quantitative estimate of drug-likeness (QED) is 0.362. The van der Waals surface area contributed by atoms with Crippen molar-refractivity contribution in [1.29, 1.82) is 10.5 Å². The molecule has 0 heterocycles. The smallest absolute Gasteiger partial charge is 0.100 e. The standard InChI is InChI=1S/C22H15N3/c1-12-15(10-23)9-18-21(19(12)11-24)17-8-7-14-5-3-4-6-16(14)20(17)13(2)22(18)25/h3-9H,25H2,1-2H3. The summed E-state index contributed by atoms with van der Waals surface area (Å²) in [5, 5.41) is 25.1. The van der Waals surface area contributed by atoms with Gasteiger partial charge in [0.15, 0.2) is 0 Å². The van der Waals surface area contributed by atoms with E-state index in [0.717, 1.165) is 37.9 Å². The van der Waals surface area contributed by atoms with Gasteiger partial charge in [0, 0.05) is 16.5 Å². The highest BCUT2D eigenvalue weighted by molar-refractivity contribution is 6.23. The molecule has 0 atom stereocenters. The molecule has 25 heavy (non-hydrogen) atoms. The summed E-state index contributed by atoms with van der Waals surface area (Å²) in [6.07, 6.45) is 0. The SMILES string of the molecule is Cc1c(C#N)cc2c(N)c(C)c3c4ccccc4ccc3c2c1C#N. The van der Waals surface area contributed by atoms with Crippen LogP contribution in [0.1, 0.15) is 22.3 Å². The lowest BCUT2D eigenvalue weighted by molar-refractivity contribution is 1.38. The number of rotatable bonds is 0. The molecule has 4 aromatic rings. The van der Waals surface area contributed by atoms with E-state index >= 15 is 0 Å². The molecule has 0 spiro atoms. The van der Waals surface area contributed by atoms with Gasteiger partial charge in [-0.1, -0.05) is 36.4 Å². The summed E-state index contributed by atoms with van der Waals surface area (Å²) >= 11 is 0.